The van der Waals surface area contributed by atoms with Gasteiger partial charge in [-0.1, -0.05) is 23.7 Å². The van der Waals surface area contributed by atoms with Crippen molar-refractivity contribution in [3.8, 4) is 27.9 Å². The van der Waals surface area contributed by atoms with Gasteiger partial charge in [0.15, 0.2) is 12.0 Å². The summed E-state index contributed by atoms with van der Waals surface area (Å²) in [6.07, 6.45) is 14.3. The minimum Gasteiger partial charge on any atom is -0.618 e. The first kappa shape index (κ1) is 30.5. The number of nitrogens with zero attached hydrogens (tertiary/aromatic N) is 7. The molecule has 4 aliphatic carbocycles. The maximum Gasteiger partial charge on any atom is 0.411 e. The Morgan fingerprint density at radius 1 is 1.06 bits per heavy atom. The van der Waals surface area contributed by atoms with E-state index in [4.69, 9.17) is 21.4 Å². The van der Waals surface area contributed by atoms with E-state index in [2.05, 4.69) is 20.8 Å². The van der Waals surface area contributed by atoms with Gasteiger partial charge in [-0.3, -0.25) is 10.00 Å². The van der Waals surface area contributed by atoms with Gasteiger partial charge in [0.1, 0.15) is 12.4 Å². The summed E-state index contributed by atoms with van der Waals surface area (Å²) in [5.41, 5.74) is 3.95. The zero-order valence-electron chi connectivity index (χ0n) is 26.3. The van der Waals surface area contributed by atoms with Crippen molar-refractivity contribution < 1.29 is 18.7 Å². The molecule has 11 nitrogen and oxygen atoms in total. The highest BCUT2D eigenvalue weighted by molar-refractivity contribution is 6.31. The third-order valence-electron chi connectivity index (χ3n) is 10.6. The second-order valence-corrected chi connectivity index (χ2v) is 14.1. The van der Waals surface area contributed by atoms with Crippen LogP contribution in [0, 0.1) is 34.2 Å². The topological polar surface area (TPSA) is 127 Å². The van der Waals surface area contributed by atoms with Gasteiger partial charge in [-0.15, -0.1) is 5.10 Å². The highest BCUT2D eigenvalue weighted by Crippen LogP contribution is 2.62. The summed E-state index contributed by atoms with van der Waals surface area (Å²) in [6.45, 7) is 0. The first-order chi connectivity index (χ1) is 23.3. The minimum absolute atomic E-state index is 0.0683. The Labute approximate surface area is 281 Å². The number of benzene rings is 2. The van der Waals surface area contributed by atoms with Crippen molar-refractivity contribution in [2.24, 2.45) is 23.2 Å². The van der Waals surface area contributed by atoms with Gasteiger partial charge >= 0.3 is 6.09 Å². The molecule has 3 aromatic heterocycles. The molecule has 4 aliphatic rings. The Kier molecular flexibility index (Phi) is 7.62. The number of amides is 1. The number of methoxy groups -OCH3 is 1. The Balaban J connectivity index is 1.17. The second kappa shape index (κ2) is 12.0. The molecule has 48 heavy (non-hydrogen) atoms. The van der Waals surface area contributed by atoms with Crippen molar-refractivity contribution in [1.82, 2.24) is 30.0 Å². The van der Waals surface area contributed by atoms with E-state index < -0.39 is 11.9 Å². The molecule has 13 heteroatoms. The van der Waals surface area contributed by atoms with Crippen molar-refractivity contribution >= 4 is 23.4 Å². The highest BCUT2D eigenvalue weighted by atomic mass is 35.5. The van der Waals surface area contributed by atoms with Crippen LogP contribution in [0.4, 0.5) is 14.9 Å². The molecule has 5 aromatic rings. The van der Waals surface area contributed by atoms with Crippen molar-refractivity contribution in [2.45, 2.75) is 51.0 Å². The molecular weight excluding hydrogens is 635 g/mol. The number of carbonyl (C=O) groups is 1. The summed E-state index contributed by atoms with van der Waals surface area (Å²) >= 11 is 6.20. The minimum atomic E-state index is -0.660. The summed E-state index contributed by atoms with van der Waals surface area (Å²) in [5, 5.41) is 32.8. The molecule has 246 valence electrons. The van der Waals surface area contributed by atoms with E-state index in [1.165, 1.54) is 68.9 Å². The molecule has 2 aromatic carbocycles. The van der Waals surface area contributed by atoms with Gasteiger partial charge < -0.3 is 9.94 Å². The van der Waals surface area contributed by atoms with Gasteiger partial charge in [0.2, 0.25) is 5.69 Å². The van der Waals surface area contributed by atoms with Crippen LogP contribution in [0.25, 0.3) is 27.9 Å². The maximum absolute atomic E-state index is 15.6. The number of pyridine rings is 1. The summed E-state index contributed by atoms with van der Waals surface area (Å²) in [4.78, 5) is 11.6. The fourth-order valence-electron chi connectivity index (χ4n) is 9.03. The Morgan fingerprint density at radius 2 is 1.77 bits per heavy atom. The third kappa shape index (κ3) is 5.57. The van der Waals surface area contributed by atoms with Crippen LogP contribution in [0.15, 0.2) is 73.4 Å². The van der Waals surface area contributed by atoms with Gasteiger partial charge in [0, 0.05) is 23.5 Å². The molecule has 4 bridgehead atoms. The van der Waals surface area contributed by atoms with Crippen LogP contribution in [0.2, 0.25) is 5.02 Å². The fraction of sp³-hybridized carbons (Fsp3) is 0.371. The SMILES string of the molecule is COC(=O)Nc1ccc(-c2cnn(C(CC34CC5CC(CC(C5)C3)C4)c3ccc(-c4c(-n5cnnn5)ccc(Cl)c4F)c[n+]3[O-])c2)cc1. The van der Waals surface area contributed by atoms with Crippen molar-refractivity contribution in [1.29, 1.82) is 0 Å². The molecule has 3 heterocycles. The Hall–Kier alpha value is -4.84. The molecule has 4 saturated carbocycles. The summed E-state index contributed by atoms with van der Waals surface area (Å²) in [7, 11) is 1.32. The van der Waals surface area contributed by atoms with Gasteiger partial charge in [-0.25, -0.2) is 9.18 Å². The van der Waals surface area contributed by atoms with Crippen LogP contribution < -0.4 is 10.0 Å². The number of halogens is 2. The molecule has 9 rings (SSSR count). The fourth-order valence-corrected chi connectivity index (χ4v) is 9.19. The van der Waals surface area contributed by atoms with Crippen LogP contribution in [-0.4, -0.2) is 43.2 Å². The van der Waals surface area contributed by atoms with Crippen LogP contribution >= 0.6 is 11.6 Å². The summed E-state index contributed by atoms with van der Waals surface area (Å²) in [6, 6.07) is 13.7. The van der Waals surface area contributed by atoms with Crippen LogP contribution in [0.1, 0.15) is 56.7 Å². The molecule has 4 fully saturated rings. The van der Waals surface area contributed by atoms with Gasteiger partial charge in [0.05, 0.1) is 35.1 Å². The number of hydrogen-bond acceptors (Lipinski definition) is 7. The first-order valence-corrected chi connectivity index (χ1v) is 16.6. The van der Waals surface area contributed by atoms with Crippen molar-refractivity contribution in [3.05, 3.63) is 95.2 Å². The van der Waals surface area contributed by atoms with Crippen LogP contribution in [0.5, 0.6) is 0 Å². The molecule has 0 spiro atoms. The highest BCUT2D eigenvalue weighted by Gasteiger charge is 2.52. The molecule has 0 saturated heterocycles. The number of hydrogen-bond donors (Lipinski definition) is 1. The predicted octanol–water partition coefficient (Wildman–Crippen LogP) is 6.99. The van der Waals surface area contributed by atoms with E-state index in [0.717, 1.165) is 40.0 Å². The summed E-state index contributed by atoms with van der Waals surface area (Å²) < 4.78 is 24.4. The number of tetrazole rings is 1. The molecule has 1 N–H and O–H groups in total. The number of rotatable bonds is 8. The number of nitrogens with one attached hydrogen (secondary N) is 1. The van der Waals surface area contributed by atoms with Gasteiger partial charge in [-0.2, -0.15) is 14.5 Å². The summed E-state index contributed by atoms with van der Waals surface area (Å²) in [5.74, 6) is 1.59. The second-order valence-electron chi connectivity index (χ2n) is 13.7. The van der Waals surface area contributed by atoms with Crippen molar-refractivity contribution in [2.75, 3.05) is 12.4 Å². The van der Waals surface area contributed by atoms with Gasteiger partial charge in [-0.05, 0) is 114 Å². The Bertz CT molecular complexity index is 1940. The average Bonchev–Trinajstić information content (AvgIpc) is 3.78. The van der Waals surface area contributed by atoms with E-state index >= 15 is 4.39 Å². The monoisotopic (exact) mass is 668 g/mol. The first-order valence-electron chi connectivity index (χ1n) is 16.2. The van der Waals surface area contributed by atoms with E-state index in [0.29, 0.717) is 22.6 Å². The lowest BCUT2D eigenvalue weighted by Crippen LogP contribution is -2.48. The van der Waals surface area contributed by atoms with E-state index in [1.807, 2.05) is 23.0 Å². The van der Waals surface area contributed by atoms with E-state index in [1.54, 1.807) is 36.5 Å². The molecular formula is C35H34ClFN8O3. The molecule has 1 amide bonds. The van der Waals surface area contributed by atoms with Crippen molar-refractivity contribution in [3.63, 3.8) is 0 Å². The largest absolute Gasteiger partial charge is 0.618 e. The van der Waals surface area contributed by atoms with Crippen LogP contribution in [-0.2, 0) is 4.74 Å². The Morgan fingerprint density at radius 3 is 2.42 bits per heavy atom. The number of aromatic nitrogens is 7. The smallest absolute Gasteiger partial charge is 0.411 e. The number of ether oxygens (including phenoxy) is 1. The molecule has 0 radical (unpaired) electrons. The lowest BCUT2D eigenvalue weighted by atomic mass is 9.48. The van der Waals surface area contributed by atoms with Gasteiger partial charge in [0.25, 0.3) is 0 Å². The number of anilines is 1. The molecule has 0 aliphatic heterocycles. The zero-order chi connectivity index (χ0) is 33.0. The molecule has 1 atom stereocenters. The lowest BCUT2D eigenvalue weighted by molar-refractivity contribution is -0.615. The number of carbonyl (C=O) groups excluding carboxylic acids is 1. The quantitative estimate of drug-likeness (QED) is 0.139. The molecule has 1 unspecified atom stereocenters. The maximum atomic E-state index is 15.6. The normalized spacial score (nSPS) is 23.3. The zero-order valence-corrected chi connectivity index (χ0v) is 27.1. The standard InChI is InChI=1S/C35H34ClFN8O3/c1-48-34(46)40-27-5-2-24(3-6-27)26-17-39-43(18-26)31(16-35-13-21-10-22(14-35)12-23(11-21)15-35)29-8-4-25(19-45(29)47)32-30(44-20-38-41-42-44)9-7-28(36)33(32)37/h2-9,17-23,31H,10-16H2,1H3,(H,40,46). The van der Waals surface area contributed by atoms with Crippen LogP contribution in [0.3, 0.4) is 0 Å². The lowest BCUT2D eigenvalue weighted by Gasteiger charge is -2.57. The third-order valence-corrected chi connectivity index (χ3v) is 10.9. The average molecular weight is 669 g/mol. The predicted molar refractivity (Wildman–Crippen MR) is 176 cm³/mol. The van der Waals surface area contributed by atoms with E-state index in [9.17, 15) is 10.0 Å². The van der Waals surface area contributed by atoms with E-state index in [-0.39, 0.29) is 22.0 Å².